The quantitative estimate of drug-likeness (QED) is 0.519. The van der Waals surface area contributed by atoms with Crippen LogP contribution in [0.4, 0.5) is 4.39 Å². The van der Waals surface area contributed by atoms with Crippen LogP contribution in [0.5, 0.6) is 0 Å². The van der Waals surface area contributed by atoms with Gasteiger partial charge >= 0.3 is 0 Å². The van der Waals surface area contributed by atoms with E-state index in [2.05, 4.69) is 11.1 Å². The molecule has 3 rings (SSSR count). The van der Waals surface area contributed by atoms with Gasteiger partial charge in [-0.25, -0.2) is 9.37 Å². The number of rotatable bonds is 4. The smallest absolute Gasteiger partial charge is 0.173 e. The van der Waals surface area contributed by atoms with Crippen LogP contribution in [0.15, 0.2) is 53.6 Å². The zero-order valence-electron chi connectivity index (χ0n) is 12.9. The second-order valence-electron chi connectivity index (χ2n) is 5.37. The summed E-state index contributed by atoms with van der Waals surface area (Å²) in [6, 6.07) is 15.2. The van der Waals surface area contributed by atoms with Crippen LogP contribution in [0, 0.1) is 24.1 Å². The number of benzene rings is 2. The van der Waals surface area contributed by atoms with Crippen molar-refractivity contribution in [2.75, 3.05) is 5.75 Å². The highest BCUT2D eigenvalue weighted by Crippen LogP contribution is 2.26. The normalized spacial score (nSPS) is 10.5. The minimum atomic E-state index is -0.377. The van der Waals surface area contributed by atoms with Crippen molar-refractivity contribution in [2.24, 2.45) is 0 Å². The molecule has 0 radical (unpaired) electrons. The highest BCUT2D eigenvalue weighted by atomic mass is 32.2. The summed E-state index contributed by atoms with van der Waals surface area (Å²) in [5.74, 6) is -0.364. The summed E-state index contributed by atoms with van der Waals surface area (Å²) >= 11 is 1.22. The maximum absolute atomic E-state index is 12.9. The molecule has 0 amide bonds. The van der Waals surface area contributed by atoms with E-state index < -0.39 is 0 Å². The molecule has 0 aliphatic carbocycles. The van der Waals surface area contributed by atoms with Crippen molar-refractivity contribution < 1.29 is 9.18 Å². The highest BCUT2D eigenvalue weighted by molar-refractivity contribution is 8.00. The van der Waals surface area contributed by atoms with Crippen LogP contribution in [0.2, 0.25) is 0 Å². The van der Waals surface area contributed by atoms with Crippen molar-refractivity contribution in [3.8, 4) is 6.07 Å². The van der Waals surface area contributed by atoms with Gasteiger partial charge in [-0.2, -0.15) is 5.26 Å². The van der Waals surface area contributed by atoms with Gasteiger partial charge in [0.1, 0.15) is 16.9 Å². The lowest BCUT2D eigenvalue weighted by atomic mass is 10.1. The Morgan fingerprint density at radius 3 is 2.67 bits per heavy atom. The summed E-state index contributed by atoms with van der Waals surface area (Å²) in [5.41, 5.74) is 2.78. The maximum atomic E-state index is 12.9. The number of Topliss-reactive ketones (excluding diaryl/α,β-unsaturated/α-hetero) is 1. The van der Waals surface area contributed by atoms with Crippen LogP contribution in [0.25, 0.3) is 10.9 Å². The Morgan fingerprint density at radius 2 is 1.96 bits per heavy atom. The molecule has 118 valence electrons. The molecule has 0 spiro atoms. The number of hydrogen-bond donors (Lipinski definition) is 0. The molecular weight excluding hydrogens is 323 g/mol. The molecule has 1 heterocycles. The van der Waals surface area contributed by atoms with Crippen molar-refractivity contribution in [3.05, 3.63) is 71.0 Å². The summed E-state index contributed by atoms with van der Waals surface area (Å²) in [5, 5.41) is 10.8. The van der Waals surface area contributed by atoms with Crippen molar-refractivity contribution in [1.82, 2.24) is 4.98 Å². The summed E-state index contributed by atoms with van der Waals surface area (Å²) in [6.07, 6.45) is 0. The number of halogens is 1. The molecular formula is C19H13FN2OS. The molecule has 3 aromatic rings. The van der Waals surface area contributed by atoms with Gasteiger partial charge in [0, 0.05) is 10.9 Å². The second kappa shape index (κ2) is 6.81. The van der Waals surface area contributed by atoms with Crippen molar-refractivity contribution in [3.63, 3.8) is 0 Å². The maximum Gasteiger partial charge on any atom is 0.173 e. The van der Waals surface area contributed by atoms with Gasteiger partial charge in [0.15, 0.2) is 5.78 Å². The SMILES string of the molecule is Cc1ccc2nc(SCC(=O)c3ccc(F)cc3)c(C#N)cc2c1. The number of fused-ring (bicyclic) bond motifs is 1. The molecule has 0 saturated heterocycles. The van der Waals surface area contributed by atoms with Gasteiger partial charge in [0.05, 0.1) is 16.8 Å². The van der Waals surface area contributed by atoms with E-state index in [1.807, 2.05) is 25.1 Å². The molecule has 24 heavy (non-hydrogen) atoms. The van der Waals surface area contributed by atoms with Gasteiger partial charge in [-0.15, -0.1) is 0 Å². The molecule has 0 N–H and O–H groups in total. The van der Waals surface area contributed by atoms with E-state index in [4.69, 9.17) is 0 Å². The van der Waals surface area contributed by atoms with Gasteiger partial charge < -0.3 is 0 Å². The van der Waals surface area contributed by atoms with E-state index in [0.717, 1.165) is 16.5 Å². The lowest BCUT2D eigenvalue weighted by Gasteiger charge is -2.06. The van der Waals surface area contributed by atoms with Crippen LogP contribution in [0.1, 0.15) is 21.5 Å². The van der Waals surface area contributed by atoms with Crippen LogP contribution in [0.3, 0.4) is 0 Å². The number of aryl methyl sites for hydroxylation is 1. The lowest BCUT2D eigenvalue weighted by molar-refractivity contribution is 0.102. The molecule has 3 nitrogen and oxygen atoms in total. The molecule has 0 bridgehead atoms. The summed E-state index contributed by atoms with van der Waals surface area (Å²) in [4.78, 5) is 16.7. The van der Waals surface area contributed by atoms with Gasteiger partial charge in [-0.1, -0.05) is 23.4 Å². The standard InChI is InChI=1S/C19H13FN2OS/c1-12-2-7-17-14(8-12)9-15(10-21)19(22-17)24-11-18(23)13-3-5-16(20)6-4-13/h2-9H,11H2,1H3. The second-order valence-corrected chi connectivity index (χ2v) is 6.33. The fourth-order valence-corrected chi connectivity index (χ4v) is 3.18. The van der Waals surface area contributed by atoms with Crippen molar-refractivity contribution in [1.29, 1.82) is 5.26 Å². The number of aromatic nitrogens is 1. The average molecular weight is 336 g/mol. The third-order valence-corrected chi connectivity index (χ3v) is 4.55. The van der Waals surface area contributed by atoms with E-state index in [1.54, 1.807) is 6.07 Å². The van der Waals surface area contributed by atoms with Crippen LogP contribution >= 0.6 is 11.8 Å². The largest absolute Gasteiger partial charge is 0.293 e. The number of hydrogen-bond acceptors (Lipinski definition) is 4. The number of carbonyl (C=O) groups is 1. The average Bonchev–Trinajstić information content (AvgIpc) is 2.59. The lowest BCUT2D eigenvalue weighted by Crippen LogP contribution is -2.03. The molecule has 0 atom stereocenters. The number of ketones is 1. The van der Waals surface area contributed by atoms with Crippen LogP contribution < -0.4 is 0 Å². The molecule has 0 saturated carbocycles. The van der Waals surface area contributed by atoms with Gasteiger partial charge in [0.25, 0.3) is 0 Å². The van der Waals surface area contributed by atoms with Crippen LogP contribution in [-0.4, -0.2) is 16.5 Å². The number of nitrogens with zero attached hydrogens (tertiary/aromatic N) is 2. The Morgan fingerprint density at radius 1 is 1.21 bits per heavy atom. The molecule has 0 aliphatic rings. The van der Waals surface area contributed by atoms with E-state index in [9.17, 15) is 14.4 Å². The Balaban J connectivity index is 1.84. The number of carbonyl (C=O) groups excluding carboxylic acids is 1. The van der Waals surface area contributed by atoms with Gasteiger partial charge in [0.2, 0.25) is 0 Å². The van der Waals surface area contributed by atoms with Crippen LogP contribution in [-0.2, 0) is 0 Å². The Hall–Kier alpha value is -2.71. The summed E-state index contributed by atoms with van der Waals surface area (Å²) in [6.45, 7) is 1.98. The monoisotopic (exact) mass is 336 g/mol. The Bertz CT molecular complexity index is 962. The van der Waals surface area contributed by atoms with E-state index >= 15 is 0 Å². The third kappa shape index (κ3) is 3.44. The fourth-order valence-electron chi connectivity index (χ4n) is 2.32. The molecule has 0 fully saturated rings. The van der Waals surface area contributed by atoms with E-state index in [0.29, 0.717) is 16.2 Å². The topological polar surface area (TPSA) is 53.8 Å². The van der Waals surface area contributed by atoms with Crippen molar-refractivity contribution in [2.45, 2.75) is 11.9 Å². The first-order chi connectivity index (χ1) is 11.6. The fraction of sp³-hybridized carbons (Fsp3) is 0.105. The number of nitriles is 1. The Kier molecular flexibility index (Phi) is 4.59. The number of pyridine rings is 1. The van der Waals surface area contributed by atoms with Crippen molar-refractivity contribution >= 4 is 28.4 Å². The molecule has 1 aromatic heterocycles. The third-order valence-electron chi connectivity index (χ3n) is 3.56. The first-order valence-electron chi connectivity index (χ1n) is 7.30. The van der Waals surface area contributed by atoms with Gasteiger partial charge in [-0.3, -0.25) is 4.79 Å². The number of thioether (sulfide) groups is 1. The highest BCUT2D eigenvalue weighted by Gasteiger charge is 2.12. The minimum absolute atomic E-state index is 0.130. The molecule has 2 aromatic carbocycles. The van der Waals surface area contributed by atoms with E-state index in [-0.39, 0.29) is 17.4 Å². The Labute approximate surface area is 143 Å². The predicted octanol–water partition coefficient (Wildman–Crippen LogP) is 4.53. The molecule has 5 heteroatoms. The zero-order valence-corrected chi connectivity index (χ0v) is 13.7. The molecule has 0 aliphatic heterocycles. The zero-order chi connectivity index (χ0) is 17.1. The predicted molar refractivity (Wildman–Crippen MR) is 92.6 cm³/mol. The first-order valence-corrected chi connectivity index (χ1v) is 8.28. The first kappa shape index (κ1) is 16.2. The minimum Gasteiger partial charge on any atom is -0.293 e. The van der Waals surface area contributed by atoms with Gasteiger partial charge in [-0.05, 0) is 49.4 Å². The molecule has 0 unspecified atom stereocenters. The summed E-state index contributed by atoms with van der Waals surface area (Å²) < 4.78 is 12.9. The summed E-state index contributed by atoms with van der Waals surface area (Å²) in [7, 11) is 0. The van der Waals surface area contributed by atoms with E-state index in [1.165, 1.54) is 36.0 Å².